The van der Waals surface area contributed by atoms with Gasteiger partial charge in [-0.2, -0.15) is 0 Å². The van der Waals surface area contributed by atoms with E-state index >= 15 is 0 Å². The highest BCUT2D eigenvalue weighted by atomic mass is 32.1. The van der Waals surface area contributed by atoms with Crippen molar-refractivity contribution >= 4 is 17.9 Å². The van der Waals surface area contributed by atoms with Crippen LogP contribution in [0.15, 0.2) is 0 Å². The monoisotopic (exact) mass is 744 g/mol. The third-order valence-electron chi connectivity index (χ3n) is 11.8. The highest BCUT2D eigenvalue weighted by Crippen LogP contribution is 2.34. The molecular formula is C43H85NO6S. The Kier molecular flexibility index (Phi) is 30.5. The fraction of sp³-hybridized carbons (Fsp3) is 0.977. The van der Waals surface area contributed by atoms with Gasteiger partial charge in [-0.3, -0.25) is 9.28 Å². The van der Waals surface area contributed by atoms with Gasteiger partial charge in [-0.15, -0.1) is 0 Å². The topological polar surface area (TPSA) is 107 Å². The van der Waals surface area contributed by atoms with Crippen molar-refractivity contribution < 1.29 is 34.4 Å². The molecule has 1 aliphatic rings. The molecular weight excluding hydrogens is 659 g/mol. The molecule has 1 heterocycles. The molecule has 0 saturated carbocycles. The van der Waals surface area contributed by atoms with E-state index in [4.69, 9.17) is 17.4 Å². The van der Waals surface area contributed by atoms with Gasteiger partial charge in [0.15, 0.2) is 6.10 Å². The molecule has 0 radical (unpaired) electrons. The fourth-order valence-electron chi connectivity index (χ4n) is 8.22. The van der Waals surface area contributed by atoms with Crippen LogP contribution in [-0.4, -0.2) is 80.0 Å². The van der Waals surface area contributed by atoms with E-state index in [-0.39, 0.29) is 10.5 Å². The molecule has 7 nitrogen and oxygen atoms in total. The molecule has 3 unspecified atom stereocenters. The Morgan fingerprint density at radius 1 is 0.549 bits per heavy atom. The van der Waals surface area contributed by atoms with E-state index in [1.165, 1.54) is 161 Å². The summed E-state index contributed by atoms with van der Waals surface area (Å²) in [6.07, 6.45) is 32.2. The SMILES string of the molecule is CCCCCCCCCCCCCCCCCC[N+](C(=O)[S-])(C(C)CCCCCCCCCCCCCCCC)C1O[C@H](CO)[C@@H](O)[C@H](O)[C@H]1O. The van der Waals surface area contributed by atoms with Crippen LogP contribution in [0.5, 0.6) is 0 Å². The zero-order valence-corrected chi connectivity index (χ0v) is 34.6. The number of hydrogen-bond acceptors (Lipinski definition) is 7. The third-order valence-corrected chi connectivity index (χ3v) is 12.1. The minimum Gasteiger partial charge on any atom is -0.675 e. The Labute approximate surface area is 321 Å². The molecule has 1 rings (SSSR count). The summed E-state index contributed by atoms with van der Waals surface area (Å²) in [5.41, 5.74) is 0. The van der Waals surface area contributed by atoms with Gasteiger partial charge in [-0.05, 0) is 32.6 Å². The number of hydrogen-bond donors (Lipinski definition) is 4. The van der Waals surface area contributed by atoms with Crippen LogP contribution in [0.2, 0.25) is 0 Å². The van der Waals surface area contributed by atoms with Gasteiger partial charge in [-0.1, -0.05) is 187 Å². The van der Waals surface area contributed by atoms with Gasteiger partial charge in [0.1, 0.15) is 18.3 Å². The number of amides is 1. The molecule has 1 fully saturated rings. The van der Waals surface area contributed by atoms with Crippen molar-refractivity contribution in [1.29, 1.82) is 0 Å². The summed E-state index contributed by atoms with van der Waals surface area (Å²) >= 11 is 5.42. The van der Waals surface area contributed by atoms with Crippen molar-refractivity contribution in [2.24, 2.45) is 0 Å². The lowest BCUT2D eigenvalue weighted by Gasteiger charge is -2.53. The van der Waals surface area contributed by atoms with Gasteiger partial charge in [0.25, 0.3) is 0 Å². The summed E-state index contributed by atoms with van der Waals surface area (Å²) in [4.78, 5) is 13.5. The van der Waals surface area contributed by atoms with E-state index in [9.17, 15) is 25.2 Å². The molecule has 0 aromatic rings. The van der Waals surface area contributed by atoms with E-state index in [1.807, 2.05) is 6.92 Å². The van der Waals surface area contributed by atoms with E-state index in [1.54, 1.807) is 0 Å². The number of unbranched alkanes of at least 4 members (excludes halogenated alkanes) is 28. The molecule has 8 heteroatoms. The summed E-state index contributed by atoms with van der Waals surface area (Å²) in [7, 11) is 0. The Hall–Kier alpha value is -0.350. The number of rotatable bonds is 35. The first-order valence-electron chi connectivity index (χ1n) is 22.2. The predicted molar refractivity (Wildman–Crippen MR) is 216 cm³/mol. The van der Waals surface area contributed by atoms with E-state index in [2.05, 4.69) is 13.8 Å². The average molecular weight is 744 g/mol. The summed E-state index contributed by atoms with van der Waals surface area (Å²) in [6, 6.07) is -0.217. The smallest absolute Gasteiger partial charge is 0.228 e. The lowest BCUT2D eigenvalue weighted by Crippen LogP contribution is -2.73. The van der Waals surface area contributed by atoms with Gasteiger partial charge in [0.2, 0.25) is 11.5 Å². The van der Waals surface area contributed by atoms with Crippen LogP contribution in [-0.2, 0) is 17.4 Å². The van der Waals surface area contributed by atoms with E-state index < -0.39 is 42.5 Å². The lowest BCUT2D eigenvalue weighted by molar-refractivity contribution is -0.924. The van der Waals surface area contributed by atoms with Crippen LogP contribution in [0.25, 0.3) is 0 Å². The quantitative estimate of drug-likeness (QED) is 0.0291. The van der Waals surface area contributed by atoms with Crippen LogP contribution in [0.4, 0.5) is 4.79 Å². The average Bonchev–Trinajstić information content (AvgIpc) is 3.12. The molecule has 4 N–H and O–H groups in total. The van der Waals surface area contributed by atoms with Gasteiger partial charge in [0, 0.05) is 0 Å². The predicted octanol–water partition coefficient (Wildman–Crippen LogP) is 10.8. The minimum absolute atomic E-state index is 0.217. The summed E-state index contributed by atoms with van der Waals surface area (Å²) in [5.74, 6) is 0. The first-order valence-corrected chi connectivity index (χ1v) is 22.6. The molecule has 51 heavy (non-hydrogen) atoms. The van der Waals surface area contributed by atoms with Gasteiger partial charge in [0.05, 0.1) is 19.2 Å². The van der Waals surface area contributed by atoms with Crippen molar-refractivity contribution in [1.82, 2.24) is 0 Å². The van der Waals surface area contributed by atoms with E-state index in [0.717, 1.165) is 38.5 Å². The highest BCUT2D eigenvalue weighted by molar-refractivity contribution is 7.76. The number of aliphatic hydroxyl groups excluding tert-OH is 4. The van der Waals surface area contributed by atoms with Crippen LogP contribution >= 0.6 is 0 Å². The number of ether oxygens (including phenoxy) is 1. The second-order valence-corrected chi connectivity index (χ2v) is 16.5. The first-order chi connectivity index (χ1) is 24.8. The Bertz CT molecular complexity index is 802. The second kappa shape index (κ2) is 31.9. The fourth-order valence-corrected chi connectivity index (χ4v) is 8.60. The summed E-state index contributed by atoms with van der Waals surface area (Å²) in [5, 5.41) is 41.7. The minimum atomic E-state index is -1.52. The molecule has 0 aliphatic carbocycles. The van der Waals surface area contributed by atoms with Crippen LogP contribution < -0.4 is 0 Å². The molecule has 1 amide bonds. The van der Waals surface area contributed by atoms with Crippen LogP contribution in [0, 0.1) is 0 Å². The standard InChI is InChI=1S/C43H85NO6S/c1-4-6-8-10-12-14-16-18-20-21-23-25-27-29-31-33-35-44(43(49)51,42-41(48)40(47)39(46)38(36-45)50-42)37(3)34-32-30-28-26-24-22-19-17-15-13-11-9-7-5-2/h37-42,45-48H,4-36H2,1-3H3/t37?,38-,39-,40+,41-,42?,44?/m1/s1. The molecule has 0 aromatic carbocycles. The zero-order chi connectivity index (χ0) is 37.6. The molecule has 7 atom stereocenters. The van der Waals surface area contributed by atoms with Gasteiger partial charge in [-0.25, -0.2) is 0 Å². The van der Waals surface area contributed by atoms with Crippen molar-refractivity contribution in [3.8, 4) is 0 Å². The number of nitrogens with zero attached hydrogens (tertiary/aromatic N) is 1. The Morgan fingerprint density at radius 3 is 1.22 bits per heavy atom. The van der Waals surface area contributed by atoms with E-state index in [0.29, 0.717) is 6.54 Å². The maximum absolute atomic E-state index is 13.5. The number of carbonyl (C=O) groups is 1. The largest absolute Gasteiger partial charge is 0.675 e. The third kappa shape index (κ3) is 20.2. The van der Waals surface area contributed by atoms with Gasteiger partial charge < -0.3 is 37.8 Å². The number of aliphatic hydroxyl groups is 4. The molecule has 1 saturated heterocycles. The summed E-state index contributed by atoms with van der Waals surface area (Å²) < 4.78 is 5.80. The zero-order valence-electron chi connectivity index (χ0n) is 33.8. The Balaban J connectivity index is 2.52. The van der Waals surface area contributed by atoms with Crippen LogP contribution in [0.3, 0.4) is 0 Å². The highest BCUT2D eigenvalue weighted by Gasteiger charge is 2.55. The number of quaternary nitrogens is 1. The van der Waals surface area contributed by atoms with Crippen molar-refractivity contribution in [2.75, 3.05) is 13.2 Å². The molecule has 0 aromatic heterocycles. The lowest BCUT2D eigenvalue weighted by atomic mass is 9.94. The van der Waals surface area contributed by atoms with Crippen molar-refractivity contribution in [3.63, 3.8) is 0 Å². The summed E-state index contributed by atoms with van der Waals surface area (Å²) in [6.45, 7) is 6.46. The van der Waals surface area contributed by atoms with Crippen molar-refractivity contribution in [2.45, 2.75) is 257 Å². The molecule has 0 bridgehead atoms. The second-order valence-electron chi connectivity index (χ2n) is 16.2. The Morgan fingerprint density at radius 2 is 0.882 bits per heavy atom. The normalized spacial score (nSPS) is 22.6. The maximum atomic E-state index is 13.5. The number of carbonyl (C=O) groups excluding carboxylic acids is 1. The molecule has 304 valence electrons. The van der Waals surface area contributed by atoms with Crippen LogP contribution in [0.1, 0.15) is 220 Å². The first kappa shape index (κ1) is 48.7. The van der Waals surface area contributed by atoms with Gasteiger partial charge >= 0.3 is 0 Å². The maximum Gasteiger partial charge on any atom is 0.228 e. The van der Waals surface area contributed by atoms with Crippen molar-refractivity contribution in [3.05, 3.63) is 0 Å². The molecule has 1 aliphatic heterocycles. The molecule has 0 spiro atoms.